The Morgan fingerprint density at radius 2 is 2.00 bits per heavy atom. The summed E-state index contributed by atoms with van der Waals surface area (Å²) in [6.07, 6.45) is 4.00. The van der Waals surface area contributed by atoms with Crippen molar-refractivity contribution in [3.63, 3.8) is 0 Å². The first-order valence-corrected chi connectivity index (χ1v) is 4.09. The summed E-state index contributed by atoms with van der Waals surface area (Å²) in [5.41, 5.74) is 0.0944. The Morgan fingerprint density at radius 1 is 1.55 bits per heavy atom. The van der Waals surface area contributed by atoms with E-state index in [0.29, 0.717) is 5.92 Å². The summed E-state index contributed by atoms with van der Waals surface area (Å²) in [5.74, 6) is 0.315. The number of carbonyl (C=O) groups excluding carboxylic acids is 1. The van der Waals surface area contributed by atoms with E-state index in [1.807, 2.05) is 6.08 Å². The first-order chi connectivity index (χ1) is 5.00. The van der Waals surface area contributed by atoms with Gasteiger partial charge in [-0.15, -0.1) is 6.58 Å². The Morgan fingerprint density at radius 3 is 2.09 bits per heavy atom. The van der Waals surface area contributed by atoms with E-state index >= 15 is 0 Å². The molecule has 2 unspecified atom stereocenters. The number of hydrogen-bond donors (Lipinski definition) is 0. The van der Waals surface area contributed by atoms with Crippen molar-refractivity contribution in [2.24, 2.45) is 16.7 Å². The molecule has 0 radical (unpaired) electrons. The Balaban J connectivity index is 2.82. The van der Waals surface area contributed by atoms with Crippen LogP contribution in [0.4, 0.5) is 0 Å². The third-order valence-electron chi connectivity index (χ3n) is 3.25. The normalized spacial score (nSPS) is 35.9. The molecule has 0 spiro atoms. The standard InChI is InChI=1S/C10H16O/c1-5-8(2)10(7-11)6-9(10,3)4/h5,7-8H,1,6H2,2-4H3. The number of allylic oxidation sites excluding steroid dienone is 1. The summed E-state index contributed by atoms with van der Waals surface area (Å²) in [6, 6.07) is 0. The lowest BCUT2D eigenvalue weighted by molar-refractivity contribution is -0.114. The van der Waals surface area contributed by atoms with Gasteiger partial charge in [0.25, 0.3) is 0 Å². The van der Waals surface area contributed by atoms with E-state index < -0.39 is 0 Å². The molecule has 0 aromatic heterocycles. The molecule has 1 saturated carbocycles. The van der Waals surface area contributed by atoms with Gasteiger partial charge in [0.05, 0.1) is 0 Å². The first kappa shape index (κ1) is 8.51. The highest BCUT2D eigenvalue weighted by molar-refractivity contribution is 5.67. The van der Waals surface area contributed by atoms with Crippen LogP contribution in [0.2, 0.25) is 0 Å². The molecule has 0 aromatic rings. The highest BCUT2D eigenvalue weighted by Gasteiger charge is 2.63. The molecule has 1 nitrogen and oxygen atoms in total. The highest BCUT2D eigenvalue weighted by Crippen LogP contribution is 2.66. The van der Waals surface area contributed by atoms with Gasteiger partial charge >= 0.3 is 0 Å². The minimum Gasteiger partial charge on any atom is -0.303 e. The zero-order valence-corrected chi connectivity index (χ0v) is 7.55. The number of hydrogen-bond acceptors (Lipinski definition) is 1. The minimum atomic E-state index is -0.102. The van der Waals surface area contributed by atoms with Crippen molar-refractivity contribution in [1.29, 1.82) is 0 Å². The second-order valence-corrected chi connectivity index (χ2v) is 4.24. The third kappa shape index (κ3) is 0.943. The van der Waals surface area contributed by atoms with Crippen molar-refractivity contribution < 1.29 is 4.79 Å². The molecular weight excluding hydrogens is 136 g/mol. The third-order valence-corrected chi connectivity index (χ3v) is 3.25. The molecular formula is C10H16O. The van der Waals surface area contributed by atoms with E-state index in [9.17, 15) is 4.79 Å². The summed E-state index contributed by atoms with van der Waals surface area (Å²) < 4.78 is 0. The lowest BCUT2D eigenvalue weighted by Crippen LogP contribution is -2.18. The molecule has 0 amide bonds. The number of aldehydes is 1. The molecule has 1 heteroatoms. The number of rotatable bonds is 3. The van der Waals surface area contributed by atoms with Gasteiger partial charge in [-0.2, -0.15) is 0 Å². The largest absolute Gasteiger partial charge is 0.303 e. The van der Waals surface area contributed by atoms with Crippen LogP contribution in [0.5, 0.6) is 0 Å². The summed E-state index contributed by atoms with van der Waals surface area (Å²) in [6.45, 7) is 10.1. The fourth-order valence-corrected chi connectivity index (χ4v) is 1.98. The Bertz CT molecular complexity index is 193. The van der Waals surface area contributed by atoms with E-state index in [1.54, 1.807) is 0 Å². The van der Waals surface area contributed by atoms with E-state index in [2.05, 4.69) is 27.4 Å². The maximum Gasteiger partial charge on any atom is 0.127 e. The first-order valence-electron chi connectivity index (χ1n) is 4.09. The van der Waals surface area contributed by atoms with Gasteiger partial charge in [-0.1, -0.05) is 26.8 Å². The average molecular weight is 152 g/mol. The Kier molecular flexibility index (Phi) is 1.70. The molecule has 1 fully saturated rings. The Hall–Kier alpha value is -0.590. The maximum absolute atomic E-state index is 10.9. The molecule has 1 rings (SSSR count). The molecule has 1 aliphatic rings. The zero-order chi connectivity index (χ0) is 8.70. The van der Waals surface area contributed by atoms with Crippen LogP contribution >= 0.6 is 0 Å². The van der Waals surface area contributed by atoms with Crippen LogP contribution in [-0.4, -0.2) is 6.29 Å². The van der Waals surface area contributed by atoms with Crippen molar-refractivity contribution >= 4 is 6.29 Å². The fourth-order valence-electron chi connectivity index (χ4n) is 1.98. The van der Waals surface area contributed by atoms with Gasteiger partial charge in [-0.05, 0) is 17.8 Å². The van der Waals surface area contributed by atoms with Gasteiger partial charge in [-0.25, -0.2) is 0 Å². The zero-order valence-electron chi connectivity index (χ0n) is 7.55. The lowest BCUT2D eigenvalue weighted by atomic mass is 9.85. The predicted molar refractivity (Wildman–Crippen MR) is 46.3 cm³/mol. The van der Waals surface area contributed by atoms with E-state index in [-0.39, 0.29) is 10.8 Å². The fraction of sp³-hybridized carbons (Fsp3) is 0.700. The molecule has 0 saturated heterocycles. The molecule has 0 bridgehead atoms. The second kappa shape index (κ2) is 2.20. The van der Waals surface area contributed by atoms with Crippen LogP contribution in [0, 0.1) is 16.7 Å². The van der Waals surface area contributed by atoms with Gasteiger partial charge in [0, 0.05) is 5.41 Å². The molecule has 0 aromatic carbocycles. The highest BCUT2D eigenvalue weighted by atomic mass is 16.1. The van der Waals surface area contributed by atoms with Crippen molar-refractivity contribution in [2.45, 2.75) is 27.2 Å². The lowest BCUT2D eigenvalue weighted by Gasteiger charge is -2.17. The average Bonchev–Trinajstić information content (AvgIpc) is 2.53. The molecule has 1 aliphatic carbocycles. The van der Waals surface area contributed by atoms with Crippen molar-refractivity contribution in [3.05, 3.63) is 12.7 Å². The quantitative estimate of drug-likeness (QED) is 0.448. The molecule has 2 atom stereocenters. The minimum absolute atomic E-state index is 0.102. The summed E-state index contributed by atoms with van der Waals surface area (Å²) in [5, 5.41) is 0. The van der Waals surface area contributed by atoms with Crippen molar-refractivity contribution in [2.75, 3.05) is 0 Å². The SMILES string of the molecule is C=CC(C)C1(C=O)CC1(C)C. The molecule has 0 N–H and O–H groups in total. The van der Waals surface area contributed by atoms with Crippen LogP contribution in [0.15, 0.2) is 12.7 Å². The van der Waals surface area contributed by atoms with Gasteiger partial charge in [0.1, 0.15) is 6.29 Å². The summed E-state index contributed by atoms with van der Waals surface area (Å²) >= 11 is 0. The van der Waals surface area contributed by atoms with E-state index in [1.165, 1.54) is 0 Å². The molecule has 0 heterocycles. The molecule has 0 aliphatic heterocycles. The molecule has 11 heavy (non-hydrogen) atoms. The van der Waals surface area contributed by atoms with Crippen LogP contribution in [0.1, 0.15) is 27.2 Å². The topological polar surface area (TPSA) is 17.1 Å². The van der Waals surface area contributed by atoms with Crippen LogP contribution < -0.4 is 0 Å². The smallest absolute Gasteiger partial charge is 0.127 e. The van der Waals surface area contributed by atoms with Gasteiger partial charge in [0.2, 0.25) is 0 Å². The maximum atomic E-state index is 10.9. The van der Waals surface area contributed by atoms with Gasteiger partial charge in [0.15, 0.2) is 0 Å². The predicted octanol–water partition coefficient (Wildman–Crippen LogP) is 2.42. The van der Waals surface area contributed by atoms with Crippen molar-refractivity contribution in [3.8, 4) is 0 Å². The monoisotopic (exact) mass is 152 g/mol. The second-order valence-electron chi connectivity index (χ2n) is 4.24. The van der Waals surface area contributed by atoms with E-state index in [0.717, 1.165) is 12.7 Å². The summed E-state index contributed by atoms with van der Waals surface area (Å²) in [7, 11) is 0. The number of carbonyl (C=O) groups is 1. The van der Waals surface area contributed by atoms with Crippen LogP contribution in [0.3, 0.4) is 0 Å². The van der Waals surface area contributed by atoms with E-state index in [4.69, 9.17) is 0 Å². The van der Waals surface area contributed by atoms with Crippen LogP contribution in [-0.2, 0) is 4.79 Å². The van der Waals surface area contributed by atoms with Gasteiger partial charge < -0.3 is 4.79 Å². The van der Waals surface area contributed by atoms with Gasteiger partial charge in [-0.3, -0.25) is 0 Å². The Labute approximate surface area is 68.5 Å². The van der Waals surface area contributed by atoms with Crippen molar-refractivity contribution in [1.82, 2.24) is 0 Å². The summed E-state index contributed by atoms with van der Waals surface area (Å²) in [4.78, 5) is 10.9. The van der Waals surface area contributed by atoms with Crippen LogP contribution in [0.25, 0.3) is 0 Å². The molecule has 62 valence electrons.